The standard InChI is InChI=1S/C30H26NO.C14H16GeN.Ir/c1-3-8-21(9-4-1)18-22-16-17-31-28(19-22)27-13-7-12-26-25-15-14-24(20-29(25)32-30(26)27)23-10-5-2-6-11-23;1-15(2,3)13-9-10-14(16-11-13)12-7-5-4-6-8-12;/h2,5-7,10-12,14-17,19-21H,1,3-4,8-9,18H2;4-7,9-11H,1-3H3;/q2*-1;/i18D2;;. The number of fused-ring (bicyclic) bond motifs is 3. The van der Waals surface area contributed by atoms with Crippen molar-refractivity contribution in [3.05, 3.63) is 139 Å². The summed E-state index contributed by atoms with van der Waals surface area (Å²) < 4.78 is 25.6. The van der Waals surface area contributed by atoms with Crippen molar-refractivity contribution in [2.75, 3.05) is 0 Å². The van der Waals surface area contributed by atoms with Crippen molar-refractivity contribution < 1.29 is 27.3 Å². The van der Waals surface area contributed by atoms with Crippen LogP contribution in [0.1, 0.15) is 40.4 Å². The van der Waals surface area contributed by atoms with Crippen molar-refractivity contribution in [3.8, 4) is 33.6 Å². The van der Waals surface area contributed by atoms with E-state index in [2.05, 4.69) is 81.8 Å². The third-order valence-electron chi connectivity index (χ3n) is 9.15. The van der Waals surface area contributed by atoms with Gasteiger partial charge in [0.25, 0.3) is 0 Å². The fourth-order valence-electron chi connectivity index (χ4n) is 6.43. The van der Waals surface area contributed by atoms with Gasteiger partial charge >= 0.3 is 99.8 Å². The first-order valence-electron chi connectivity index (χ1n) is 18.0. The third kappa shape index (κ3) is 8.32. The Kier molecular flexibility index (Phi) is 10.4. The van der Waals surface area contributed by atoms with Gasteiger partial charge in [0.2, 0.25) is 0 Å². The number of hydrogen-bond donors (Lipinski definition) is 0. The zero-order chi connectivity index (χ0) is 34.7. The molecule has 0 unspecified atom stereocenters. The van der Waals surface area contributed by atoms with Crippen LogP contribution in [0.5, 0.6) is 0 Å². The number of benzene rings is 4. The molecule has 0 aliphatic heterocycles. The van der Waals surface area contributed by atoms with Crippen molar-refractivity contribution in [2.24, 2.45) is 5.92 Å². The minimum absolute atomic E-state index is 0. The Labute approximate surface area is 309 Å². The topological polar surface area (TPSA) is 38.9 Å². The van der Waals surface area contributed by atoms with Crippen molar-refractivity contribution in [1.82, 2.24) is 9.97 Å². The van der Waals surface area contributed by atoms with E-state index in [0.29, 0.717) is 11.3 Å². The predicted molar refractivity (Wildman–Crippen MR) is 203 cm³/mol. The van der Waals surface area contributed by atoms with Gasteiger partial charge in [0.1, 0.15) is 5.58 Å². The van der Waals surface area contributed by atoms with Crippen LogP contribution in [0.25, 0.3) is 55.6 Å². The van der Waals surface area contributed by atoms with Gasteiger partial charge in [0.15, 0.2) is 0 Å². The van der Waals surface area contributed by atoms with E-state index >= 15 is 0 Å². The van der Waals surface area contributed by atoms with E-state index < -0.39 is 19.6 Å². The van der Waals surface area contributed by atoms with Crippen LogP contribution in [-0.4, -0.2) is 23.2 Å². The third-order valence-corrected chi connectivity index (χ3v) is 13.4. The van der Waals surface area contributed by atoms with Crippen LogP contribution in [0.4, 0.5) is 0 Å². The first-order chi connectivity index (χ1) is 24.2. The van der Waals surface area contributed by atoms with Crippen LogP contribution < -0.4 is 4.40 Å². The number of rotatable bonds is 6. The van der Waals surface area contributed by atoms with E-state index in [4.69, 9.17) is 7.16 Å². The molecule has 1 fully saturated rings. The molecule has 7 aromatic rings. The molecule has 3 nitrogen and oxygen atoms in total. The van der Waals surface area contributed by atoms with Crippen molar-refractivity contribution in [2.45, 2.75) is 55.7 Å². The van der Waals surface area contributed by atoms with Gasteiger partial charge in [-0.1, -0.05) is 97.1 Å². The summed E-state index contributed by atoms with van der Waals surface area (Å²) in [5.74, 6) is 7.20. The monoisotopic (exact) mass is 883 g/mol. The Morgan fingerprint density at radius 2 is 1.57 bits per heavy atom. The maximum atomic E-state index is 8.88. The predicted octanol–water partition coefficient (Wildman–Crippen LogP) is 11.3. The van der Waals surface area contributed by atoms with E-state index in [-0.39, 0.29) is 26.0 Å². The number of aromatic nitrogens is 2. The van der Waals surface area contributed by atoms with Crippen molar-refractivity contribution >= 4 is 39.6 Å². The zero-order valence-electron chi connectivity index (χ0n) is 30.3. The number of pyridine rings is 2. The van der Waals surface area contributed by atoms with Gasteiger partial charge in [0, 0.05) is 34.4 Å². The fraction of sp³-hybridized carbons (Fsp3) is 0.227. The van der Waals surface area contributed by atoms with Gasteiger partial charge in [0.05, 0.1) is 5.58 Å². The zero-order valence-corrected chi connectivity index (χ0v) is 32.8. The van der Waals surface area contributed by atoms with E-state index in [1.807, 2.05) is 72.9 Å². The molecule has 0 N–H and O–H groups in total. The second kappa shape index (κ2) is 15.8. The molecule has 249 valence electrons. The number of hydrogen-bond acceptors (Lipinski definition) is 3. The molecule has 3 aromatic heterocycles. The Morgan fingerprint density at radius 1 is 0.755 bits per heavy atom. The quantitative estimate of drug-likeness (QED) is 0.123. The van der Waals surface area contributed by atoms with Crippen LogP contribution >= 0.6 is 0 Å². The molecule has 0 atom stereocenters. The van der Waals surface area contributed by atoms with Crippen molar-refractivity contribution in [1.29, 1.82) is 0 Å². The van der Waals surface area contributed by atoms with Crippen LogP contribution in [0.2, 0.25) is 17.3 Å². The summed E-state index contributed by atoms with van der Waals surface area (Å²) in [6.07, 6.45) is 7.70. The number of furan rings is 1. The van der Waals surface area contributed by atoms with E-state index in [0.717, 1.165) is 75.6 Å². The van der Waals surface area contributed by atoms with E-state index in [1.165, 1.54) is 10.8 Å². The fourth-order valence-corrected chi connectivity index (χ4v) is 8.60. The molecule has 4 aromatic carbocycles. The largest absolute Gasteiger partial charge is 0 e. The summed E-state index contributed by atoms with van der Waals surface area (Å²) in [6, 6.07) is 43.0. The smallest absolute Gasteiger partial charge is 0 e. The molecule has 1 radical (unpaired) electrons. The molecule has 0 spiro atoms. The summed E-state index contributed by atoms with van der Waals surface area (Å²) in [6.45, 7) is 0. The van der Waals surface area contributed by atoms with E-state index in [9.17, 15) is 0 Å². The minimum atomic E-state index is -1.72. The maximum Gasteiger partial charge on any atom is 0 e. The summed E-state index contributed by atoms with van der Waals surface area (Å²) in [4.78, 5) is 9.13. The second-order valence-electron chi connectivity index (χ2n) is 13.6. The first-order valence-corrected chi connectivity index (χ1v) is 24.4. The van der Waals surface area contributed by atoms with Crippen LogP contribution in [0.3, 0.4) is 0 Å². The molecular weight excluding hydrogens is 837 g/mol. The molecule has 0 bridgehead atoms. The number of nitrogens with zero attached hydrogens (tertiary/aromatic N) is 2. The SMILES string of the molecule is [2H]C([2H])(c1ccnc(-c2[c-]ccc3c2oc2cc(-c4ccccc4)ccc23)c1)C1CCCCC1.[CH3][Ge]([CH3])([CH3])[c]1ccc(-c2[c-]cccc2)nc1.[Ir]. The molecule has 1 saturated carbocycles. The van der Waals surface area contributed by atoms with Crippen LogP contribution in [0.15, 0.2) is 126 Å². The van der Waals surface area contributed by atoms with Gasteiger partial charge in [-0.15, -0.1) is 18.2 Å². The summed E-state index contributed by atoms with van der Waals surface area (Å²) >= 11 is -1.72. The Balaban J connectivity index is 0.000000222. The van der Waals surface area contributed by atoms with Gasteiger partial charge in [-0.25, -0.2) is 0 Å². The average Bonchev–Trinajstić information content (AvgIpc) is 3.54. The molecule has 1 aliphatic rings. The van der Waals surface area contributed by atoms with E-state index in [1.54, 1.807) is 6.20 Å². The first kappa shape index (κ1) is 32.4. The normalized spacial score (nSPS) is 14.3. The average molecular weight is 882 g/mol. The molecular formula is C44H42GeIrN2O-2. The van der Waals surface area contributed by atoms with Gasteiger partial charge in [-0.3, -0.25) is 0 Å². The summed E-state index contributed by atoms with van der Waals surface area (Å²) in [7, 11) is 0. The summed E-state index contributed by atoms with van der Waals surface area (Å²) in [5.41, 5.74) is 8.07. The summed E-state index contributed by atoms with van der Waals surface area (Å²) in [5, 5.41) is 2.07. The molecule has 1 aliphatic carbocycles. The molecule has 8 rings (SSSR count). The Bertz CT molecular complexity index is 2210. The van der Waals surface area contributed by atoms with Gasteiger partial charge in [-0.05, 0) is 41.2 Å². The molecule has 0 amide bonds. The van der Waals surface area contributed by atoms with Gasteiger partial charge in [-0.2, -0.15) is 0 Å². The van der Waals surface area contributed by atoms with Gasteiger partial charge < -0.3 is 9.40 Å². The van der Waals surface area contributed by atoms with Crippen molar-refractivity contribution in [3.63, 3.8) is 0 Å². The Hall–Kier alpha value is -3.83. The van der Waals surface area contributed by atoms with Crippen LogP contribution in [0, 0.1) is 18.1 Å². The molecule has 5 heteroatoms. The second-order valence-corrected chi connectivity index (χ2v) is 24.3. The minimum Gasteiger partial charge on any atom is 0 e. The molecule has 49 heavy (non-hydrogen) atoms. The van der Waals surface area contributed by atoms with Crippen LogP contribution in [-0.2, 0) is 26.5 Å². The maximum absolute atomic E-state index is 8.88. The molecule has 0 saturated heterocycles. The Morgan fingerprint density at radius 3 is 2.31 bits per heavy atom. The molecule has 3 heterocycles.